The van der Waals surface area contributed by atoms with Gasteiger partial charge in [0.15, 0.2) is 0 Å². The Morgan fingerprint density at radius 3 is 2.53 bits per heavy atom. The molecular weight excluding hydrogens is 236 g/mol. The molecule has 0 amide bonds. The molecule has 0 unspecified atom stereocenters. The summed E-state index contributed by atoms with van der Waals surface area (Å²) in [6.45, 7) is 10.6. The van der Waals surface area contributed by atoms with Gasteiger partial charge in [0.1, 0.15) is 17.5 Å². The fourth-order valence-corrected chi connectivity index (χ4v) is 2.27. The van der Waals surface area contributed by atoms with Crippen LogP contribution in [0.2, 0.25) is 0 Å². The van der Waals surface area contributed by atoms with Gasteiger partial charge in [-0.1, -0.05) is 20.8 Å². The fraction of sp³-hybridized carbons (Fsp3) is 0.733. The van der Waals surface area contributed by atoms with Gasteiger partial charge in [0.2, 0.25) is 0 Å². The van der Waals surface area contributed by atoms with Gasteiger partial charge in [-0.2, -0.15) is 0 Å². The van der Waals surface area contributed by atoms with Crippen molar-refractivity contribution >= 4 is 11.6 Å². The lowest BCUT2D eigenvalue weighted by Crippen LogP contribution is -2.29. The Bertz CT molecular complexity index is 438. The Kier molecular flexibility index (Phi) is 4.27. The van der Waals surface area contributed by atoms with E-state index in [0.717, 1.165) is 42.6 Å². The summed E-state index contributed by atoms with van der Waals surface area (Å²) >= 11 is 0. The maximum absolute atomic E-state index is 6.06. The minimum absolute atomic E-state index is 0.311. The molecule has 0 saturated heterocycles. The Hall–Kier alpha value is -1.32. The van der Waals surface area contributed by atoms with E-state index in [2.05, 4.69) is 30.7 Å². The number of nitrogens with two attached hydrogens (primary N) is 1. The van der Waals surface area contributed by atoms with Crippen molar-refractivity contribution in [3.05, 3.63) is 11.4 Å². The van der Waals surface area contributed by atoms with E-state index in [9.17, 15) is 0 Å². The summed E-state index contributed by atoms with van der Waals surface area (Å²) in [5.41, 5.74) is 7.09. The van der Waals surface area contributed by atoms with Crippen molar-refractivity contribution in [1.82, 2.24) is 9.97 Å². The van der Waals surface area contributed by atoms with Gasteiger partial charge in [-0.3, -0.25) is 0 Å². The van der Waals surface area contributed by atoms with Gasteiger partial charge in [-0.05, 0) is 32.1 Å². The van der Waals surface area contributed by atoms with E-state index in [4.69, 9.17) is 10.7 Å². The summed E-state index contributed by atoms with van der Waals surface area (Å²) in [5.74, 6) is 3.70. The predicted molar refractivity (Wildman–Crippen MR) is 80.5 cm³/mol. The maximum Gasteiger partial charge on any atom is 0.137 e. The molecule has 0 radical (unpaired) electrons. The van der Waals surface area contributed by atoms with Gasteiger partial charge < -0.3 is 10.6 Å². The third kappa shape index (κ3) is 3.37. The van der Waals surface area contributed by atoms with Gasteiger partial charge in [0.25, 0.3) is 0 Å². The second kappa shape index (κ2) is 5.76. The zero-order valence-electron chi connectivity index (χ0n) is 12.6. The highest BCUT2D eigenvalue weighted by molar-refractivity contribution is 5.56. The zero-order valence-corrected chi connectivity index (χ0v) is 12.6. The Morgan fingerprint density at radius 2 is 2.00 bits per heavy atom. The van der Waals surface area contributed by atoms with E-state index in [1.165, 1.54) is 12.8 Å². The minimum Gasteiger partial charge on any atom is -0.383 e. The maximum atomic E-state index is 6.06. The van der Waals surface area contributed by atoms with Crippen LogP contribution in [0.25, 0.3) is 0 Å². The molecular formula is C15H26N4. The van der Waals surface area contributed by atoms with Crippen LogP contribution in [0, 0.1) is 12.8 Å². The summed E-state index contributed by atoms with van der Waals surface area (Å²) in [4.78, 5) is 11.6. The molecule has 0 aromatic carbocycles. The van der Waals surface area contributed by atoms with E-state index in [1.807, 2.05) is 6.92 Å². The lowest BCUT2D eigenvalue weighted by molar-refractivity contribution is 0.684. The lowest BCUT2D eigenvalue weighted by Gasteiger charge is -2.26. The second-order valence-electron chi connectivity index (χ2n) is 5.96. The number of nitrogen functional groups attached to an aromatic ring is 1. The first kappa shape index (κ1) is 14.1. The highest BCUT2D eigenvalue weighted by atomic mass is 15.2. The molecule has 0 bridgehead atoms. The highest BCUT2D eigenvalue weighted by Crippen LogP contribution is 2.33. The molecule has 0 atom stereocenters. The first-order valence-corrected chi connectivity index (χ1v) is 7.41. The molecule has 1 aliphatic rings. The summed E-state index contributed by atoms with van der Waals surface area (Å²) < 4.78 is 0. The van der Waals surface area contributed by atoms with Crippen LogP contribution in [0.1, 0.15) is 57.3 Å². The lowest BCUT2D eigenvalue weighted by atomic mass is 10.2. The van der Waals surface area contributed by atoms with Crippen LogP contribution >= 0.6 is 0 Å². The van der Waals surface area contributed by atoms with Crippen molar-refractivity contribution in [1.29, 1.82) is 0 Å². The number of hydrogen-bond donors (Lipinski definition) is 1. The fourth-order valence-electron chi connectivity index (χ4n) is 2.27. The summed E-state index contributed by atoms with van der Waals surface area (Å²) in [7, 11) is 0. The standard InChI is InChI=1S/C15H26N4/c1-5-8-19(9-12-6-7-12)15-11(4)13(16)17-14(18-15)10(2)3/h10,12H,5-9H2,1-4H3,(H2,16,17,18). The number of rotatable bonds is 6. The van der Waals surface area contributed by atoms with Gasteiger partial charge in [-0.25, -0.2) is 9.97 Å². The highest BCUT2D eigenvalue weighted by Gasteiger charge is 2.26. The van der Waals surface area contributed by atoms with Crippen molar-refractivity contribution in [2.24, 2.45) is 5.92 Å². The van der Waals surface area contributed by atoms with Crippen molar-refractivity contribution in [2.45, 2.75) is 52.9 Å². The first-order chi connectivity index (χ1) is 9.02. The molecule has 4 nitrogen and oxygen atoms in total. The van der Waals surface area contributed by atoms with E-state index in [0.29, 0.717) is 11.7 Å². The molecule has 1 heterocycles. The largest absolute Gasteiger partial charge is 0.383 e. The topological polar surface area (TPSA) is 55.0 Å². The number of anilines is 2. The molecule has 0 aliphatic heterocycles. The van der Waals surface area contributed by atoms with Crippen LogP contribution < -0.4 is 10.6 Å². The predicted octanol–water partition coefficient (Wildman–Crippen LogP) is 3.12. The number of aromatic nitrogens is 2. The third-order valence-corrected chi connectivity index (χ3v) is 3.66. The van der Waals surface area contributed by atoms with E-state index in [1.54, 1.807) is 0 Å². The molecule has 1 fully saturated rings. The monoisotopic (exact) mass is 262 g/mol. The van der Waals surface area contributed by atoms with Crippen LogP contribution in [-0.2, 0) is 0 Å². The zero-order chi connectivity index (χ0) is 14.0. The molecule has 4 heteroatoms. The van der Waals surface area contributed by atoms with E-state index < -0.39 is 0 Å². The second-order valence-corrected chi connectivity index (χ2v) is 5.96. The summed E-state index contributed by atoms with van der Waals surface area (Å²) in [6.07, 6.45) is 3.85. The van der Waals surface area contributed by atoms with E-state index in [-0.39, 0.29) is 0 Å². The average Bonchev–Trinajstić information content (AvgIpc) is 3.15. The van der Waals surface area contributed by atoms with Crippen molar-refractivity contribution in [3.63, 3.8) is 0 Å². The normalized spacial score (nSPS) is 15.0. The molecule has 1 aromatic rings. The van der Waals surface area contributed by atoms with Crippen LogP contribution in [0.3, 0.4) is 0 Å². The summed E-state index contributed by atoms with van der Waals surface area (Å²) in [6, 6.07) is 0. The number of hydrogen-bond acceptors (Lipinski definition) is 4. The Balaban J connectivity index is 2.32. The quantitative estimate of drug-likeness (QED) is 0.856. The molecule has 0 spiro atoms. The average molecular weight is 262 g/mol. The minimum atomic E-state index is 0.311. The van der Waals surface area contributed by atoms with Gasteiger partial charge in [0.05, 0.1) is 0 Å². The number of nitrogens with zero attached hydrogens (tertiary/aromatic N) is 3. The molecule has 1 saturated carbocycles. The first-order valence-electron chi connectivity index (χ1n) is 7.41. The molecule has 2 N–H and O–H groups in total. The van der Waals surface area contributed by atoms with Crippen molar-refractivity contribution in [2.75, 3.05) is 23.7 Å². The molecule has 19 heavy (non-hydrogen) atoms. The van der Waals surface area contributed by atoms with Crippen LogP contribution in [0.15, 0.2) is 0 Å². The summed E-state index contributed by atoms with van der Waals surface area (Å²) in [5, 5.41) is 0. The Labute approximate surface area is 116 Å². The van der Waals surface area contributed by atoms with Crippen molar-refractivity contribution in [3.8, 4) is 0 Å². The SMILES string of the molecule is CCCN(CC1CC1)c1nc(C(C)C)nc(N)c1C. The van der Waals surface area contributed by atoms with Crippen LogP contribution in [0.5, 0.6) is 0 Å². The van der Waals surface area contributed by atoms with Crippen molar-refractivity contribution < 1.29 is 0 Å². The Morgan fingerprint density at radius 1 is 1.32 bits per heavy atom. The third-order valence-electron chi connectivity index (χ3n) is 3.66. The van der Waals surface area contributed by atoms with Gasteiger partial charge in [-0.15, -0.1) is 0 Å². The van der Waals surface area contributed by atoms with E-state index >= 15 is 0 Å². The van der Waals surface area contributed by atoms with Crippen LogP contribution in [-0.4, -0.2) is 23.1 Å². The molecule has 106 valence electrons. The molecule has 2 rings (SSSR count). The molecule has 1 aliphatic carbocycles. The smallest absolute Gasteiger partial charge is 0.137 e. The molecule has 1 aromatic heterocycles. The van der Waals surface area contributed by atoms with Crippen LogP contribution in [0.4, 0.5) is 11.6 Å². The van der Waals surface area contributed by atoms with Gasteiger partial charge >= 0.3 is 0 Å². The van der Waals surface area contributed by atoms with Gasteiger partial charge in [0, 0.05) is 24.6 Å².